The molecule has 0 aliphatic heterocycles. The Labute approximate surface area is 120 Å². The van der Waals surface area contributed by atoms with Crippen molar-refractivity contribution in [2.75, 3.05) is 6.54 Å². The van der Waals surface area contributed by atoms with Crippen LogP contribution in [0.25, 0.3) is 0 Å². The van der Waals surface area contributed by atoms with E-state index in [0.717, 1.165) is 6.42 Å². The minimum Gasteiger partial charge on any atom is -0.370 e. The zero-order valence-corrected chi connectivity index (χ0v) is 12.9. The van der Waals surface area contributed by atoms with Crippen LogP contribution in [0.3, 0.4) is 0 Å². The van der Waals surface area contributed by atoms with Crippen LogP contribution >= 0.6 is 24.0 Å². The summed E-state index contributed by atoms with van der Waals surface area (Å²) in [6.07, 6.45) is 4.57. The number of nitrogens with two attached hydrogens (primary N) is 1. The summed E-state index contributed by atoms with van der Waals surface area (Å²) in [6.45, 7) is 6.84. The van der Waals surface area contributed by atoms with Gasteiger partial charge < -0.3 is 11.1 Å². The van der Waals surface area contributed by atoms with Crippen molar-refractivity contribution >= 4 is 29.9 Å². The Balaban J connectivity index is 0.00000256. The number of hydrogen-bond donors (Lipinski definition) is 2. The highest BCUT2D eigenvalue weighted by atomic mass is 127. The molecule has 0 radical (unpaired) electrons. The Morgan fingerprint density at radius 2 is 2.24 bits per heavy atom. The van der Waals surface area contributed by atoms with Gasteiger partial charge in [-0.1, -0.05) is 0 Å². The lowest BCUT2D eigenvalue weighted by atomic mass is 10.1. The molecule has 1 aromatic rings. The van der Waals surface area contributed by atoms with Gasteiger partial charge in [-0.05, 0) is 44.4 Å². The highest BCUT2D eigenvalue weighted by molar-refractivity contribution is 14.0. The van der Waals surface area contributed by atoms with E-state index < -0.39 is 0 Å². The third-order valence-corrected chi connectivity index (χ3v) is 2.24. The number of aryl methyl sites for hydroxylation is 1. The molecule has 96 valence electrons. The van der Waals surface area contributed by atoms with Crippen LogP contribution < -0.4 is 11.1 Å². The van der Waals surface area contributed by atoms with Crippen molar-refractivity contribution in [2.24, 2.45) is 10.7 Å². The summed E-state index contributed by atoms with van der Waals surface area (Å²) < 4.78 is 0. The maximum absolute atomic E-state index is 5.70. The van der Waals surface area contributed by atoms with Crippen molar-refractivity contribution < 1.29 is 0 Å². The molecule has 0 amide bonds. The van der Waals surface area contributed by atoms with Crippen LogP contribution in [0.4, 0.5) is 0 Å². The predicted molar refractivity (Wildman–Crippen MR) is 82.9 cm³/mol. The largest absolute Gasteiger partial charge is 0.370 e. The fourth-order valence-corrected chi connectivity index (χ4v) is 1.42. The predicted octanol–water partition coefficient (Wildman–Crippen LogP) is 1.86. The van der Waals surface area contributed by atoms with E-state index in [2.05, 4.69) is 22.2 Å². The van der Waals surface area contributed by atoms with Gasteiger partial charge in [0.2, 0.25) is 0 Å². The minimum atomic E-state index is 0. The van der Waals surface area contributed by atoms with Crippen LogP contribution in [0.15, 0.2) is 23.5 Å². The summed E-state index contributed by atoms with van der Waals surface area (Å²) in [7, 11) is 0. The third-order valence-electron chi connectivity index (χ3n) is 2.24. The third kappa shape index (κ3) is 6.45. The Hall–Kier alpha value is -0.850. The first-order valence-corrected chi connectivity index (χ1v) is 5.55. The summed E-state index contributed by atoms with van der Waals surface area (Å²) in [6, 6.07) is 2.35. The van der Waals surface area contributed by atoms with Crippen molar-refractivity contribution in [3.05, 3.63) is 29.6 Å². The van der Waals surface area contributed by atoms with Crippen molar-refractivity contribution in [3.8, 4) is 0 Å². The molecule has 0 unspecified atom stereocenters. The molecule has 0 aliphatic carbocycles. The first kappa shape index (κ1) is 16.1. The molecule has 0 aromatic carbocycles. The van der Waals surface area contributed by atoms with Crippen LogP contribution in [0.5, 0.6) is 0 Å². The van der Waals surface area contributed by atoms with Gasteiger partial charge in [-0.25, -0.2) is 0 Å². The number of hydrogen-bond acceptors (Lipinski definition) is 2. The SMILES string of the molecule is Cc1cnccc1CCN=C(N)NC(C)C.I. The summed E-state index contributed by atoms with van der Waals surface area (Å²) in [5, 5.41) is 3.06. The maximum atomic E-state index is 5.70. The molecule has 4 nitrogen and oxygen atoms in total. The summed E-state index contributed by atoms with van der Waals surface area (Å²) in [4.78, 5) is 8.32. The first-order valence-electron chi connectivity index (χ1n) is 5.55. The van der Waals surface area contributed by atoms with E-state index in [1.54, 1.807) is 0 Å². The molecule has 17 heavy (non-hydrogen) atoms. The van der Waals surface area contributed by atoms with Crippen molar-refractivity contribution in [2.45, 2.75) is 33.2 Å². The normalized spacial score (nSPS) is 11.2. The highest BCUT2D eigenvalue weighted by Crippen LogP contribution is 2.05. The van der Waals surface area contributed by atoms with E-state index in [-0.39, 0.29) is 24.0 Å². The maximum Gasteiger partial charge on any atom is 0.188 e. The standard InChI is InChI=1S/C12H20N4.HI/c1-9(2)16-12(13)15-7-5-11-4-6-14-8-10(11)3;/h4,6,8-9H,5,7H2,1-3H3,(H3,13,15,16);1H. The number of nitrogens with one attached hydrogen (secondary N) is 1. The number of guanidine groups is 1. The zero-order valence-electron chi connectivity index (χ0n) is 10.6. The second-order valence-corrected chi connectivity index (χ2v) is 4.12. The Morgan fingerprint density at radius 3 is 2.82 bits per heavy atom. The second-order valence-electron chi connectivity index (χ2n) is 4.12. The first-order chi connectivity index (χ1) is 7.59. The molecule has 0 aliphatic rings. The van der Waals surface area contributed by atoms with E-state index in [4.69, 9.17) is 5.73 Å². The Morgan fingerprint density at radius 1 is 1.53 bits per heavy atom. The van der Waals surface area contributed by atoms with Crippen molar-refractivity contribution in [1.82, 2.24) is 10.3 Å². The lowest BCUT2D eigenvalue weighted by Crippen LogP contribution is -2.36. The number of nitrogens with zero attached hydrogens (tertiary/aromatic N) is 2. The van der Waals surface area contributed by atoms with E-state index in [1.165, 1.54) is 11.1 Å². The van der Waals surface area contributed by atoms with Crippen LogP contribution in [0.1, 0.15) is 25.0 Å². The number of rotatable bonds is 4. The molecule has 1 rings (SSSR count). The molecule has 1 heterocycles. The average Bonchev–Trinajstić information content (AvgIpc) is 2.19. The molecule has 0 fully saturated rings. The molecule has 3 N–H and O–H groups in total. The van der Waals surface area contributed by atoms with Gasteiger partial charge in [-0.15, -0.1) is 24.0 Å². The molecule has 0 spiro atoms. The summed E-state index contributed by atoms with van der Waals surface area (Å²) in [5.74, 6) is 0.515. The van der Waals surface area contributed by atoms with Gasteiger partial charge in [0.25, 0.3) is 0 Å². The number of pyridine rings is 1. The molecule has 0 saturated heterocycles. The monoisotopic (exact) mass is 348 g/mol. The van der Waals surface area contributed by atoms with Crippen LogP contribution in [-0.4, -0.2) is 23.5 Å². The number of aliphatic imine (C=N–C) groups is 1. The van der Waals surface area contributed by atoms with Crippen molar-refractivity contribution in [1.29, 1.82) is 0 Å². The Kier molecular flexibility index (Phi) is 7.86. The van der Waals surface area contributed by atoms with Gasteiger partial charge in [0.15, 0.2) is 5.96 Å². The number of halogens is 1. The second kappa shape index (κ2) is 8.27. The Bertz CT molecular complexity index is 363. The van der Waals surface area contributed by atoms with Gasteiger partial charge in [0, 0.05) is 25.0 Å². The lowest BCUT2D eigenvalue weighted by Gasteiger charge is -2.08. The van der Waals surface area contributed by atoms with Gasteiger partial charge in [0.1, 0.15) is 0 Å². The summed E-state index contributed by atoms with van der Waals surface area (Å²) in [5.41, 5.74) is 8.18. The molecule has 0 atom stereocenters. The molecule has 5 heteroatoms. The van der Waals surface area contributed by atoms with Gasteiger partial charge in [0.05, 0.1) is 0 Å². The lowest BCUT2D eigenvalue weighted by molar-refractivity contribution is 0.723. The summed E-state index contributed by atoms with van der Waals surface area (Å²) >= 11 is 0. The molecule has 0 bridgehead atoms. The van der Waals surface area contributed by atoms with E-state index in [9.17, 15) is 0 Å². The quantitative estimate of drug-likeness (QED) is 0.496. The van der Waals surface area contributed by atoms with Crippen molar-refractivity contribution in [3.63, 3.8) is 0 Å². The van der Waals surface area contributed by atoms with Crippen LogP contribution in [0, 0.1) is 6.92 Å². The van der Waals surface area contributed by atoms with Crippen LogP contribution in [0.2, 0.25) is 0 Å². The van der Waals surface area contributed by atoms with E-state index in [1.807, 2.05) is 32.3 Å². The minimum absolute atomic E-state index is 0. The molecule has 1 aromatic heterocycles. The molecule has 0 saturated carbocycles. The van der Waals surface area contributed by atoms with E-state index in [0.29, 0.717) is 18.5 Å². The smallest absolute Gasteiger partial charge is 0.188 e. The number of aromatic nitrogens is 1. The zero-order chi connectivity index (χ0) is 12.0. The van der Waals surface area contributed by atoms with E-state index >= 15 is 0 Å². The highest BCUT2D eigenvalue weighted by Gasteiger charge is 1.98. The van der Waals surface area contributed by atoms with Gasteiger partial charge in [-0.2, -0.15) is 0 Å². The average molecular weight is 348 g/mol. The topological polar surface area (TPSA) is 63.3 Å². The molecular formula is C12H21IN4. The molecular weight excluding hydrogens is 327 g/mol. The fourth-order valence-electron chi connectivity index (χ4n) is 1.42. The van der Waals surface area contributed by atoms with Crippen LogP contribution in [-0.2, 0) is 6.42 Å². The van der Waals surface area contributed by atoms with Gasteiger partial charge in [-0.3, -0.25) is 9.98 Å². The van der Waals surface area contributed by atoms with Gasteiger partial charge >= 0.3 is 0 Å². The fraction of sp³-hybridized carbons (Fsp3) is 0.500.